The lowest BCUT2D eigenvalue weighted by Crippen LogP contribution is -2.35. The third kappa shape index (κ3) is 4.20. The van der Waals surface area contributed by atoms with Gasteiger partial charge in [-0.05, 0) is 75.0 Å². The van der Waals surface area contributed by atoms with Crippen LogP contribution in [-0.2, 0) is 9.47 Å². The zero-order valence-electron chi connectivity index (χ0n) is 15.5. The zero-order chi connectivity index (χ0) is 16.9. The van der Waals surface area contributed by atoms with Crippen molar-refractivity contribution in [3.05, 3.63) is 12.2 Å². The van der Waals surface area contributed by atoms with Gasteiger partial charge in [-0.2, -0.15) is 0 Å². The lowest BCUT2D eigenvalue weighted by Gasteiger charge is -2.44. The van der Waals surface area contributed by atoms with Gasteiger partial charge in [-0.3, -0.25) is 0 Å². The Balaban J connectivity index is 1.96. The predicted octanol–water partition coefficient (Wildman–Crippen LogP) is 5.19. The van der Waals surface area contributed by atoms with Crippen LogP contribution in [0.5, 0.6) is 0 Å². The Kier molecular flexibility index (Phi) is 6.74. The summed E-state index contributed by atoms with van der Waals surface area (Å²) in [5.41, 5.74) is 1.96. The highest BCUT2D eigenvalue weighted by molar-refractivity contribution is 5.16. The van der Waals surface area contributed by atoms with E-state index in [4.69, 9.17) is 9.47 Å². The zero-order valence-corrected chi connectivity index (χ0v) is 15.5. The summed E-state index contributed by atoms with van der Waals surface area (Å²) in [7, 11) is 0. The molecule has 2 heteroatoms. The second-order valence-electron chi connectivity index (χ2n) is 7.50. The predicted molar refractivity (Wildman–Crippen MR) is 95.9 cm³/mol. The summed E-state index contributed by atoms with van der Waals surface area (Å²) >= 11 is 0. The first-order valence-corrected chi connectivity index (χ1v) is 9.42. The Morgan fingerprint density at radius 3 is 2.61 bits per heavy atom. The Hall–Kier alpha value is -0.780. The molecule has 0 aromatic rings. The van der Waals surface area contributed by atoms with Crippen LogP contribution in [0.3, 0.4) is 0 Å². The highest BCUT2D eigenvalue weighted by atomic mass is 16.7. The van der Waals surface area contributed by atoms with Crippen molar-refractivity contribution in [1.29, 1.82) is 0 Å². The Bertz CT molecular complexity index is 452. The Labute approximate surface area is 143 Å². The number of allylic oxidation sites excluding steroid dienone is 1. The minimum absolute atomic E-state index is 0.362. The molecular weight excluding hydrogens is 284 g/mol. The normalized spacial score (nSPS) is 31.6. The van der Waals surface area contributed by atoms with Crippen molar-refractivity contribution in [1.82, 2.24) is 0 Å². The molecule has 23 heavy (non-hydrogen) atoms. The van der Waals surface area contributed by atoms with E-state index in [1.165, 1.54) is 37.7 Å². The van der Waals surface area contributed by atoms with Crippen molar-refractivity contribution < 1.29 is 9.47 Å². The van der Waals surface area contributed by atoms with Crippen LogP contribution in [0.15, 0.2) is 12.2 Å². The SMILES string of the molecule is C=C1CCC[C@]2(C)[C@@H]([C@H](C)CC#CC(OCC)OCC)CC[C@@H]12. The van der Waals surface area contributed by atoms with Crippen LogP contribution in [0, 0.1) is 35.0 Å². The van der Waals surface area contributed by atoms with Crippen molar-refractivity contribution >= 4 is 0 Å². The summed E-state index contributed by atoms with van der Waals surface area (Å²) in [6, 6.07) is 0. The molecule has 2 nitrogen and oxygen atoms in total. The molecule has 0 bridgehead atoms. The maximum absolute atomic E-state index is 5.50. The topological polar surface area (TPSA) is 18.5 Å². The third-order valence-corrected chi connectivity index (χ3v) is 6.08. The second kappa shape index (κ2) is 8.36. The van der Waals surface area contributed by atoms with E-state index in [1.54, 1.807) is 0 Å². The third-order valence-electron chi connectivity index (χ3n) is 6.08. The van der Waals surface area contributed by atoms with Gasteiger partial charge in [0, 0.05) is 19.6 Å². The van der Waals surface area contributed by atoms with Gasteiger partial charge in [-0.15, -0.1) is 0 Å². The van der Waals surface area contributed by atoms with Crippen LogP contribution >= 0.6 is 0 Å². The summed E-state index contributed by atoms with van der Waals surface area (Å²) in [5.74, 6) is 8.64. The van der Waals surface area contributed by atoms with E-state index in [9.17, 15) is 0 Å². The van der Waals surface area contributed by atoms with Gasteiger partial charge in [0.1, 0.15) is 0 Å². The van der Waals surface area contributed by atoms with E-state index in [1.807, 2.05) is 13.8 Å². The fourth-order valence-electron chi connectivity index (χ4n) is 4.98. The van der Waals surface area contributed by atoms with Crippen LogP contribution in [0.2, 0.25) is 0 Å². The first-order chi connectivity index (χ1) is 11.0. The van der Waals surface area contributed by atoms with Crippen LogP contribution in [0.25, 0.3) is 0 Å². The van der Waals surface area contributed by atoms with Gasteiger partial charge >= 0.3 is 0 Å². The van der Waals surface area contributed by atoms with Gasteiger partial charge in [0.2, 0.25) is 6.29 Å². The molecule has 0 aromatic carbocycles. The molecule has 0 saturated heterocycles. The van der Waals surface area contributed by atoms with Crippen molar-refractivity contribution in [2.24, 2.45) is 23.2 Å². The lowest BCUT2D eigenvalue weighted by molar-refractivity contribution is -0.0970. The number of rotatable bonds is 6. The van der Waals surface area contributed by atoms with E-state index in [0.717, 1.165) is 18.3 Å². The minimum atomic E-state index is -0.362. The van der Waals surface area contributed by atoms with Crippen molar-refractivity contribution in [3.63, 3.8) is 0 Å². The average molecular weight is 319 g/mol. The first-order valence-electron chi connectivity index (χ1n) is 9.42. The molecule has 0 spiro atoms. The second-order valence-corrected chi connectivity index (χ2v) is 7.50. The molecule has 2 aliphatic rings. The molecule has 0 aromatic heterocycles. The van der Waals surface area contributed by atoms with Gasteiger partial charge < -0.3 is 9.47 Å². The number of hydrogen-bond acceptors (Lipinski definition) is 2. The summed E-state index contributed by atoms with van der Waals surface area (Å²) in [5, 5.41) is 0. The van der Waals surface area contributed by atoms with Crippen molar-refractivity contribution in [3.8, 4) is 11.8 Å². The summed E-state index contributed by atoms with van der Waals surface area (Å²) in [6.07, 6.45) is 7.17. The standard InChI is InChI=1S/C21H34O2/c1-6-22-20(23-7-2)12-8-10-16(3)18-13-14-19-17(4)11-9-15-21(18,19)5/h16,18-20H,4,6-7,9-11,13-15H2,1-3,5H3/t16-,18-,19+,21-/m1/s1. The van der Waals surface area contributed by atoms with E-state index in [2.05, 4.69) is 32.3 Å². The fourth-order valence-corrected chi connectivity index (χ4v) is 4.98. The molecule has 0 amide bonds. The van der Waals surface area contributed by atoms with Crippen molar-refractivity contribution in [2.45, 2.75) is 72.5 Å². The number of ether oxygens (including phenoxy) is 2. The van der Waals surface area contributed by atoms with Gasteiger partial charge in [0.15, 0.2) is 0 Å². The molecule has 0 unspecified atom stereocenters. The van der Waals surface area contributed by atoms with E-state index in [0.29, 0.717) is 24.5 Å². The van der Waals surface area contributed by atoms with Gasteiger partial charge in [-0.25, -0.2) is 0 Å². The summed E-state index contributed by atoms with van der Waals surface area (Å²) < 4.78 is 11.0. The fraction of sp³-hybridized carbons (Fsp3) is 0.810. The highest BCUT2D eigenvalue weighted by Crippen LogP contribution is 2.59. The Morgan fingerprint density at radius 2 is 1.96 bits per heavy atom. The number of fused-ring (bicyclic) bond motifs is 1. The number of hydrogen-bond donors (Lipinski definition) is 0. The van der Waals surface area contributed by atoms with Gasteiger partial charge in [-0.1, -0.05) is 31.9 Å². The Morgan fingerprint density at radius 1 is 1.26 bits per heavy atom. The van der Waals surface area contributed by atoms with Crippen LogP contribution < -0.4 is 0 Å². The average Bonchev–Trinajstić information content (AvgIpc) is 2.86. The molecule has 4 atom stereocenters. The van der Waals surface area contributed by atoms with Gasteiger partial charge in [0.05, 0.1) is 0 Å². The van der Waals surface area contributed by atoms with Crippen LogP contribution in [-0.4, -0.2) is 19.5 Å². The molecule has 0 aliphatic heterocycles. The minimum Gasteiger partial charge on any atom is -0.342 e. The lowest BCUT2D eigenvalue weighted by atomic mass is 9.61. The smallest absolute Gasteiger partial charge is 0.222 e. The quantitative estimate of drug-likeness (QED) is 0.381. The largest absolute Gasteiger partial charge is 0.342 e. The molecule has 130 valence electrons. The maximum atomic E-state index is 5.50. The van der Waals surface area contributed by atoms with Crippen molar-refractivity contribution in [2.75, 3.05) is 13.2 Å². The monoisotopic (exact) mass is 318 g/mol. The highest BCUT2D eigenvalue weighted by Gasteiger charge is 2.50. The van der Waals surface area contributed by atoms with Crippen LogP contribution in [0.1, 0.15) is 66.2 Å². The molecule has 2 aliphatic carbocycles. The van der Waals surface area contributed by atoms with E-state index in [-0.39, 0.29) is 6.29 Å². The van der Waals surface area contributed by atoms with E-state index >= 15 is 0 Å². The van der Waals surface area contributed by atoms with E-state index < -0.39 is 0 Å². The molecule has 0 radical (unpaired) electrons. The van der Waals surface area contributed by atoms with Crippen LogP contribution in [0.4, 0.5) is 0 Å². The molecule has 2 saturated carbocycles. The van der Waals surface area contributed by atoms with Gasteiger partial charge in [0.25, 0.3) is 0 Å². The molecular formula is C21H34O2. The molecule has 2 rings (SSSR count). The molecule has 2 fully saturated rings. The molecule has 0 heterocycles. The maximum Gasteiger partial charge on any atom is 0.222 e. The summed E-state index contributed by atoms with van der Waals surface area (Å²) in [4.78, 5) is 0. The first kappa shape index (κ1) is 18.6. The summed E-state index contributed by atoms with van der Waals surface area (Å²) in [6.45, 7) is 14.5. The molecule has 0 N–H and O–H groups in total.